The summed E-state index contributed by atoms with van der Waals surface area (Å²) in [5.41, 5.74) is 9.88. The van der Waals surface area contributed by atoms with Gasteiger partial charge in [-0.1, -0.05) is 35.9 Å². The van der Waals surface area contributed by atoms with E-state index >= 15 is 0 Å². The van der Waals surface area contributed by atoms with Crippen LogP contribution in [-0.2, 0) is 0 Å². The summed E-state index contributed by atoms with van der Waals surface area (Å²) >= 11 is 1.56. The molecule has 0 amide bonds. The molecule has 4 nitrogen and oxygen atoms in total. The van der Waals surface area contributed by atoms with Crippen molar-refractivity contribution in [1.82, 2.24) is 4.98 Å². The fourth-order valence-corrected chi connectivity index (χ4v) is 3.23. The number of aryl methyl sites for hydroxylation is 2. The number of nitrogens with zero attached hydrogens (tertiary/aromatic N) is 3. The molecule has 1 heterocycles. The summed E-state index contributed by atoms with van der Waals surface area (Å²) in [5.74, 6) is 0. The quantitative estimate of drug-likeness (QED) is 0.523. The minimum atomic E-state index is 0.788. The Balaban J connectivity index is 1.67. The Morgan fingerprint density at radius 3 is 2.52 bits per heavy atom. The molecule has 25 heavy (non-hydrogen) atoms. The van der Waals surface area contributed by atoms with Crippen LogP contribution in [0.1, 0.15) is 16.7 Å². The highest BCUT2D eigenvalue weighted by Gasteiger charge is 2.06. The van der Waals surface area contributed by atoms with Crippen molar-refractivity contribution in [2.45, 2.75) is 13.8 Å². The highest BCUT2D eigenvalue weighted by molar-refractivity contribution is 7.14. The molecule has 5 heteroatoms. The molecule has 3 aromatic rings. The van der Waals surface area contributed by atoms with Crippen LogP contribution in [-0.4, -0.2) is 25.3 Å². The number of aromatic nitrogens is 1. The van der Waals surface area contributed by atoms with Gasteiger partial charge in [0.2, 0.25) is 5.13 Å². The highest BCUT2D eigenvalue weighted by Crippen LogP contribution is 2.27. The first-order valence-electron chi connectivity index (χ1n) is 8.12. The van der Waals surface area contributed by atoms with Gasteiger partial charge < -0.3 is 4.90 Å². The van der Waals surface area contributed by atoms with Gasteiger partial charge >= 0.3 is 0 Å². The molecule has 0 bridgehead atoms. The lowest BCUT2D eigenvalue weighted by molar-refractivity contribution is 1.13. The molecule has 0 aliphatic rings. The first kappa shape index (κ1) is 17.2. The van der Waals surface area contributed by atoms with Gasteiger partial charge in [0.05, 0.1) is 11.9 Å². The third kappa shape index (κ3) is 4.25. The standard InChI is InChI=1S/C20H22N4S/c1-14-5-10-18(15(2)11-14)19-13-25-20(22-19)23-21-12-16-6-8-17(9-7-16)24(3)4/h5-13H,1-4H3,(H,22,23)/b21-12+. The minimum absolute atomic E-state index is 0.788. The molecule has 0 radical (unpaired) electrons. The van der Waals surface area contributed by atoms with Crippen LogP contribution in [0.4, 0.5) is 10.8 Å². The lowest BCUT2D eigenvalue weighted by Gasteiger charge is -2.11. The van der Waals surface area contributed by atoms with Crippen molar-refractivity contribution in [2.24, 2.45) is 5.10 Å². The summed E-state index contributed by atoms with van der Waals surface area (Å²) in [5, 5.41) is 7.13. The van der Waals surface area contributed by atoms with Crippen LogP contribution >= 0.6 is 11.3 Å². The molecule has 0 spiro atoms. The van der Waals surface area contributed by atoms with Crippen LogP contribution in [0.5, 0.6) is 0 Å². The second-order valence-electron chi connectivity index (χ2n) is 6.21. The second-order valence-corrected chi connectivity index (χ2v) is 7.07. The molecule has 0 atom stereocenters. The molecule has 3 rings (SSSR count). The third-order valence-electron chi connectivity index (χ3n) is 3.95. The molecule has 1 N–H and O–H groups in total. The van der Waals surface area contributed by atoms with Crippen molar-refractivity contribution in [2.75, 3.05) is 24.4 Å². The third-order valence-corrected chi connectivity index (χ3v) is 4.69. The van der Waals surface area contributed by atoms with Crippen LogP contribution in [0.2, 0.25) is 0 Å². The Hall–Kier alpha value is -2.66. The van der Waals surface area contributed by atoms with E-state index in [1.165, 1.54) is 16.8 Å². The van der Waals surface area contributed by atoms with Gasteiger partial charge in [-0.25, -0.2) is 4.98 Å². The average Bonchev–Trinajstić information content (AvgIpc) is 3.04. The maximum Gasteiger partial charge on any atom is 0.203 e. The van der Waals surface area contributed by atoms with Crippen molar-refractivity contribution in [1.29, 1.82) is 0 Å². The Kier molecular flexibility index (Phi) is 5.14. The number of hydrogen-bond acceptors (Lipinski definition) is 5. The summed E-state index contributed by atoms with van der Waals surface area (Å²) in [7, 11) is 4.06. The fraction of sp³-hybridized carbons (Fsp3) is 0.200. The zero-order valence-electron chi connectivity index (χ0n) is 14.9. The van der Waals surface area contributed by atoms with E-state index in [9.17, 15) is 0 Å². The number of anilines is 2. The summed E-state index contributed by atoms with van der Waals surface area (Å²) in [6, 6.07) is 14.7. The van der Waals surface area contributed by atoms with Crippen LogP contribution in [0, 0.1) is 13.8 Å². The van der Waals surface area contributed by atoms with E-state index in [0.29, 0.717) is 0 Å². The number of thiazole rings is 1. The molecule has 1 aromatic heterocycles. The normalized spacial score (nSPS) is 11.0. The van der Waals surface area contributed by atoms with E-state index < -0.39 is 0 Å². The number of rotatable bonds is 5. The van der Waals surface area contributed by atoms with Crippen molar-refractivity contribution < 1.29 is 0 Å². The molecular weight excluding hydrogens is 328 g/mol. The SMILES string of the molecule is Cc1ccc(-c2csc(N/N=C/c3ccc(N(C)C)cc3)n2)c(C)c1. The van der Waals surface area contributed by atoms with Crippen LogP contribution < -0.4 is 10.3 Å². The zero-order valence-corrected chi connectivity index (χ0v) is 15.8. The predicted octanol–water partition coefficient (Wildman–Crippen LogP) is 4.94. The van der Waals surface area contributed by atoms with Crippen molar-refractivity contribution in [3.05, 3.63) is 64.5 Å². The van der Waals surface area contributed by atoms with E-state index in [-0.39, 0.29) is 0 Å². The van der Waals surface area contributed by atoms with E-state index in [4.69, 9.17) is 0 Å². The average molecular weight is 350 g/mol. The molecule has 0 saturated heterocycles. The van der Waals surface area contributed by atoms with Gasteiger partial charge in [0.25, 0.3) is 0 Å². The first-order valence-corrected chi connectivity index (χ1v) is 9.00. The number of hydrazone groups is 1. The van der Waals surface area contributed by atoms with Gasteiger partial charge in [-0.05, 0) is 37.1 Å². The Bertz CT molecular complexity index is 879. The molecule has 0 aliphatic carbocycles. The summed E-state index contributed by atoms with van der Waals surface area (Å²) in [6.45, 7) is 4.22. The lowest BCUT2D eigenvalue weighted by atomic mass is 10.0. The number of hydrogen-bond donors (Lipinski definition) is 1. The van der Waals surface area contributed by atoms with Gasteiger partial charge in [-0.15, -0.1) is 11.3 Å². The lowest BCUT2D eigenvalue weighted by Crippen LogP contribution is -2.08. The first-order chi connectivity index (χ1) is 12.0. The van der Waals surface area contributed by atoms with Crippen molar-refractivity contribution >= 4 is 28.4 Å². The number of nitrogens with one attached hydrogen (secondary N) is 1. The molecule has 0 saturated carbocycles. The van der Waals surface area contributed by atoms with E-state index in [1.54, 1.807) is 17.6 Å². The molecule has 2 aromatic carbocycles. The Morgan fingerprint density at radius 1 is 1.08 bits per heavy atom. The van der Waals surface area contributed by atoms with Crippen molar-refractivity contribution in [3.8, 4) is 11.3 Å². The van der Waals surface area contributed by atoms with Gasteiger partial charge in [0.1, 0.15) is 0 Å². The minimum Gasteiger partial charge on any atom is -0.378 e. The monoisotopic (exact) mass is 350 g/mol. The van der Waals surface area contributed by atoms with Crippen molar-refractivity contribution in [3.63, 3.8) is 0 Å². The Labute approximate surface area is 152 Å². The fourth-order valence-electron chi connectivity index (χ4n) is 2.57. The largest absolute Gasteiger partial charge is 0.378 e. The molecule has 128 valence electrons. The van der Waals surface area contributed by atoms with E-state index in [0.717, 1.165) is 22.0 Å². The maximum absolute atomic E-state index is 4.63. The topological polar surface area (TPSA) is 40.5 Å². The maximum atomic E-state index is 4.63. The highest BCUT2D eigenvalue weighted by atomic mass is 32.1. The van der Waals surface area contributed by atoms with Gasteiger partial charge in [0, 0.05) is 30.7 Å². The zero-order chi connectivity index (χ0) is 17.8. The van der Waals surface area contributed by atoms with Crippen LogP contribution in [0.15, 0.2) is 52.9 Å². The molecule has 0 unspecified atom stereocenters. The summed E-state index contributed by atoms with van der Waals surface area (Å²) in [4.78, 5) is 6.70. The van der Waals surface area contributed by atoms with Gasteiger partial charge in [-0.3, -0.25) is 5.43 Å². The number of benzene rings is 2. The molecular formula is C20H22N4S. The smallest absolute Gasteiger partial charge is 0.203 e. The summed E-state index contributed by atoms with van der Waals surface area (Å²) < 4.78 is 0. The molecule has 0 aliphatic heterocycles. The van der Waals surface area contributed by atoms with Gasteiger partial charge in [0.15, 0.2) is 0 Å². The summed E-state index contributed by atoms with van der Waals surface area (Å²) in [6.07, 6.45) is 1.80. The Morgan fingerprint density at radius 2 is 1.84 bits per heavy atom. The van der Waals surface area contributed by atoms with E-state index in [2.05, 4.69) is 70.0 Å². The van der Waals surface area contributed by atoms with E-state index in [1.807, 2.05) is 26.2 Å². The van der Waals surface area contributed by atoms with Crippen LogP contribution in [0.3, 0.4) is 0 Å². The van der Waals surface area contributed by atoms with Crippen LogP contribution in [0.25, 0.3) is 11.3 Å². The second kappa shape index (κ2) is 7.49. The molecule has 0 fully saturated rings. The predicted molar refractivity (Wildman–Crippen MR) is 109 cm³/mol. The van der Waals surface area contributed by atoms with Gasteiger partial charge in [-0.2, -0.15) is 5.10 Å².